The number of halogens is 1. The number of carbonyl (C=O) groups is 1. The van der Waals surface area contributed by atoms with Crippen molar-refractivity contribution in [3.63, 3.8) is 0 Å². The number of quaternary nitrogens is 1. The van der Waals surface area contributed by atoms with Crippen molar-refractivity contribution in [3.8, 4) is 0 Å². The first-order valence-electron chi connectivity index (χ1n) is 5.72. The Kier molecular flexibility index (Phi) is 7.33. The molecule has 1 rings (SSSR count). The Hall–Kier alpha value is -1.40. The Morgan fingerprint density at radius 1 is 1.26 bits per heavy atom. The van der Waals surface area contributed by atoms with Crippen molar-refractivity contribution in [2.45, 2.75) is 13.5 Å². The maximum absolute atomic E-state index is 11.6. The van der Waals surface area contributed by atoms with Crippen LogP contribution in [0.15, 0.2) is 42.5 Å². The Morgan fingerprint density at radius 3 is 2.21 bits per heavy atom. The molecule has 1 aromatic rings. The van der Waals surface area contributed by atoms with Gasteiger partial charge in [-0.2, -0.15) is 0 Å². The molecule has 0 aromatic heterocycles. The van der Waals surface area contributed by atoms with E-state index < -0.39 is 5.97 Å². The van der Waals surface area contributed by atoms with E-state index in [0.717, 1.165) is 5.56 Å². The van der Waals surface area contributed by atoms with E-state index in [1.165, 1.54) is 0 Å². The monoisotopic (exact) mass is 285 g/mol. The lowest BCUT2D eigenvalue weighted by atomic mass is 10.2. The molecule has 0 heterocycles. The van der Waals surface area contributed by atoms with E-state index in [1.807, 2.05) is 30.3 Å². The minimum atomic E-state index is -0.449. The molecule has 0 unspecified atom stereocenters. The minimum absolute atomic E-state index is 0. The summed E-state index contributed by atoms with van der Waals surface area (Å²) < 4.78 is 0. The van der Waals surface area contributed by atoms with Crippen LogP contribution < -0.4 is 23.3 Å². The van der Waals surface area contributed by atoms with Crippen LogP contribution >= 0.6 is 0 Å². The van der Waals surface area contributed by atoms with Gasteiger partial charge in [-0.25, -0.2) is 9.63 Å². The van der Waals surface area contributed by atoms with Crippen LogP contribution in [0, 0.1) is 0 Å². The van der Waals surface area contributed by atoms with Crippen molar-refractivity contribution >= 4 is 5.97 Å². The molecule has 0 saturated heterocycles. The van der Waals surface area contributed by atoms with E-state index in [1.54, 1.807) is 21.0 Å². The third-order valence-electron chi connectivity index (χ3n) is 2.56. The second-order valence-electron chi connectivity index (χ2n) is 3.99. The van der Waals surface area contributed by atoms with Crippen LogP contribution in [0.4, 0.5) is 0 Å². The van der Waals surface area contributed by atoms with E-state index in [9.17, 15) is 4.79 Å². The van der Waals surface area contributed by atoms with Crippen molar-refractivity contribution in [1.29, 1.82) is 0 Å². The summed E-state index contributed by atoms with van der Waals surface area (Å²) in [6.45, 7) is 5.66. The molecule has 0 radical (unpaired) electrons. The summed E-state index contributed by atoms with van der Waals surface area (Å²) >= 11 is 0. The van der Waals surface area contributed by atoms with Gasteiger partial charge in [0, 0.05) is 30.1 Å². The fourth-order valence-corrected chi connectivity index (χ4v) is 1.45. The summed E-state index contributed by atoms with van der Waals surface area (Å²) in [5.74, 6) is -0.449. The Balaban J connectivity index is 0.00000324. The molecule has 5 nitrogen and oxygen atoms in total. The van der Waals surface area contributed by atoms with Gasteiger partial charge in [-0.05, 0) is 6.92 Å². The van der Waals surface area contributed by atoms with Crippen LogP contribution in [0.2, 0.25) is 0 Å². The first-order chi connectivity index (χ1) is 8.53. The Labute approximate surface area is 120 Å². The molecule has 0 spiro atoms. The van der Waals surface area contributed by atoms with E-state index >= 15 is 0 Å². The fourth-order valence-electron chi connectivity index (χ4n) is 1.45. The zero-order valence-electron chi connectivity index (χ0n) is 11.4. The van der Waals surface area contributed by atoms with Gasteiger partial charge in [0.25, 0.3) is 0 Å². The maximum atomic E-state index is 11.6. The predicted octanol–water partition coefficient (Wildman–Crippen LogP) is -1.69. The number of hydroxylamine groups is 1. The molecular weight excluding hydrogens is 266 g/mol. The van der Waals surface area contributed by atoms with E-state index in [2.05, 4.69) is 17.4 Å². The average Bonchev–Trinajstić information content (AvgIpc) is 2.38. The summed E-state index contributed by atoms with van der Waals surface area (Å²) in [4.78, 5) is 16.8. The smallest absolute Gasteiger partial charge is 0.398 e. The summed E-state index contributed by atoms with van der Waals surface area (Å²) in [5.41, 5.74) is 7.28. The highest BCUT2D eigenvalue weighted by Gasteiger charge is 2.32. The molecular formula is C13H20ClN3O2. The predicted molar refractivity (Wildman–Crippen MR) is 69.4 cm³/mol. The Morgan fingerprint density at radius 2 is 1.79 bits per heavy atom. The van der Waals surface area contributed by atoms with Gasteiger partial charge in [0.2, 0.25) is 0 Å². The van der Waals surface area contributed by atoms with Crippen molar-refractivity contribution in [2.75, 3.05) is 14.1 Å². The first-order valence-corrected chi connectivity index (χ1v) is 5.72. The molecule has 0 aliphatic rings. The van der Waals surface area contributed by atoms with Gasteiger partial charge in [0.15, 0.2) is 6.54 Å². The van der Waals surface area contributed by atoms with Crippen LogP contribution in [-0.4, -0.2) is 24.9 Å². The van der Waals surface area contributed by atoms with Crippen LogP contribution in [0.5, 0.6) is 0 Å². The van der Waals surface area contributed by atoms with Crippen molar-refractivity contribution in [3.05, 3.63) is 48.0 Å². The maximum Gasteiger partial charge on any atom is 0.398 e. The van der Waals surface area contributed by atoms with E-state index in [4.69, 9.17) is 4.84 Å². The summed E-state index contributed by atoms with van der Waals surface area (Å²) in [6.07, 6.45) is 0. The topological polar surface area (TPSA) is 50.4 Å². The highest BCUT2D eigenvalue weighted by molar-refractivity contribution is 5.86. The second-order valence-corrected chi connectivity index (χ2v) is 3.99. The molecule has 0 aliphatic heterocycles. The largest absolute Gasteiger partial charge is 1.00 e. The summed E-state index contributed by atoms with van der Waals surface area (Å²) in [7, 11) is 3.43. The number of hydrogen-bond donors (Lipinski definition) is 2. The molecule has 0 saturated carbocycles. The van der Waals surface area contributed by atoms with Crippen LogP contribution in [-0.2, 0) is 16.2 Å². The van der Waals surface area contributed by atoms with Gasteiger partial charge in [-0.15, -0.1) is 10.9 Å². The quantitative estimate of drug-likeness (QED) is 0.372. The van der Waals surface area contributed by atoms with Crippen LogP contribution in [0.25, 0.3) is 0 Å². The summed E-state index contributed by atoms with van der Waals surface area (Å²) in [5, 5.41) is 0. The van der Waals surface area contributed by atoms with Gasteiger partial charge >= 0.3 is 5.97 Å². The van der Waals surface area contributed by atoms with E-state index in [-0.39, 0.29) is 17.3 Å². The van der Waals surface area contributed by atoms with E-state index in [0.29, 0.717) is 12.1 Å². The molecule has 1 aromatic carbocycles. The van der Waals surface area contributed by atoms with Gasteiger partial charge in [-0.1, -0.05) is 36.9 Å². The SMILES string of the molecule is C=C(C)C(=O)O[N+](Cc1ccccc1)(NC)NC.[Cl-]. The molecule has 6 heteroatoms. The zero-order valence-corrected chi connectivity index (χ0v) is 12.2. The molecule has 0 amide bonds. The molecule has 0 aliphatic carbocycles. The number of benzene rings is 1. The molecule has 106 valence electrons. The number of nitrogens with one attached hydrogen (secondary N) is 2. The molecule has 2 N–H and O–H groups in total. The second kappa shape index (κ2) is 7.91. The number of carbonyl (C=O) groups excluding carboxylic acids is 1. The molecule has 0 atom stereocenters. The highest BCUT2D eigenvalue weighted by Crippen LogP contribution is 2.10. The summed E-state index contributed by atoms with van der Waals surface area (Å²) in [6, 6.07) is 9.76. The molecule has 0 bridgehead atoms. The lowest BCUT2D eigenvalue weighted by Crippen LogP contribution is -3.00. The van der Waals surface area contributed by atoms with Gasteiger partial charge in [-0.3, -0.25) is 0 Å². The lowest BCUT2D eigenvalue weighted by Gasteiger charge is -2.30. The average molecular weight is 286 g/mol. The number of rotatable bonds is 6. The third kappa shape index (κ3) is 5.00. The highest BCUT2D eigenvalue weighted by atomic mass is 35.5. The third-order valence-corrected chi connectivity index (χ3v) is 2.56. The van der Waals surface area contributed by atoms with Gasteiger partial charge in [0.05, 0.1) is 0 Å². The van der Waals surface area contributed by atoms with Crippen LogP contribution in [0.3, 0.4) is 0 Å². The van der Waals surface area contributed by atoms with Gasteiger partial charge < -0.3 is 12.4 Å². The molecule has 0 fully saturated rings. The first kappa shape index (κ1) is 17.6. The normalized spacial score (nSPS) is 10.5. The number of hydrogen-bond acceptors (Lipinski definition) is 4. The van der Waals surface area contributed by atoms with Gasteiger partial charge in [0.1, 0.15) is 0 Å². The van der Waals surface area contributed by atoms with Crippen LogP contribution in [0.1, 0.15) is 12.5 Å². The van der Waals surface area contributed by atoms with Crippen molar-refractivity contribution in [2.24, 2.45) is 0 Å². The van der Waals surface area contributed by atoms with Crippen molar-refractivity contribution < 1.29 is 26.9 Å². The lowest BCUT2D eigenvalue weighted by molar-refractivity contribution is -1.16. The zero-order chi connectivity index (χ0) is 13.6. The molecule has 19 heavy (non-hydrogen) atoms. The fraction of sp³-hybridized carbons (Fsp3) is 0.308. The Bertz CT molecular complexity index is 419. The number of nitrogens with zero attached hydrogens (tertiary/aromatic N) is 1. The minimum Gasteiger partial charge on any atom is -1.00 e. The van der Waals surface area contributed by atoms with Crippen molar-refractivity contribution in [1.82, 2.24) is 10.9 Å². The standard InChI is InChI=1S/C13H20N3O2.ClH/c1-11(2)13(17)18-16(14-3,15-4)10-12-8-6-5-7-9-12;/h5-9,14-15H,1,10H2,2-4H3;1H/q+1;/p-1.